The number of aryl methyl sites for hydroxylation is 2. The number of carbonyl (C=O) groups excluding carboxylic acids is 1. The Morgan fingerprint density at radius 1 is 1.13 bits per heavy atom. The van der Waals surface area contributed by atoms with Crippen molar-refractivity contribution < 1.29 is 9.53 Å². The number of rotatable bonds is 5. The van der Waals surface area contributed by atoms with E-state index < -0.39 is 0 Å². The fraction of sp³-hybridized carbons (Fsp3) is 0.167. The molecule has 0 amide bonds. The largest absolute Gasteiger partial charge is 0.487 e. The molecule has 0 bridgehead atoms. The van der Waals surface area contributed by atoms with Gasteiger partial charge in [-0.1, -0.05) is 41.1 Å². The summed E-state index contributed by atoms with van der Waals surface area (Å²) in [6, 6.07) is 15.5. The molecule has 116 valence electrons. The Hall–Kier alpha value is -2.95. The van der Waals surface area contributed by atoms with Crippen molar-refractivity contribution in [1.82, 2.24) is 15.0 Å². The average Bonchev–Trinajstić information content (AvgIpc) is 2.96. The van der Waals surface area contributed by atoms with E-state index in [1.165, 1.54) is 5.56 Å². The Morgan fingerprint density at radius 2 is 1.91 bits per heavy atom. The van der Waals surface area contributed by atoms with Crippen molar-refractivity contribution in [3.8, 4) is 11.4 Å². The van der Waals surface area contributed by atoms with Crippen LogP contribution in [-0.2, 0) is 6.61 Å². The van der Waals surface area contributed by atoms with E-state index in [1.807, 2.05) is 56.3 Å². The van der Waals surface area contributed by atoms with E-state index in [0.717, 1.165) is 17.0 Å². The zero-order chi connectivity index (χ0) is 16.2. The van der Waals surface area contributed by atoms with Gasteiger partial charge in [0.05, 0.1) is 5.69 Å². The van der Waals surface area contributed by atoms with E-state index in [9.17, 15) is 4.79 Å². The van der Waals surface area contributed by atoms with Gasteiger partial charge in [-0.2, -0.15) is 0 Å². The minimum absolute atomic E-state index is 0.221. The van der Waals surface area contributed by atoms with Crippen LogP contribution in [0.5, 0.6) is 5.75 Å². The molecule has 0 aliphatic rings. The van der Waals surface area contributed by atoms with Crippen LogP contribution in [0.25, 0.3) is 5.69 Å². The number of hydrogen-bond donors (Lipinski definition) is 0. The Bertz CT molecular complexity index is 826. The summed E-state index contributed by atoms with van der Waals surface area (Å²) in [5.41, 5.74) is 4.05. The lowest BCUT2D eigenvalue weighted by Gasteiger charge is -2.11. The summed E-state index contributed by atoms with van der Waals surface area (Å²) in [7, 11) is 0. The maximum atomic E-state index is 11.3. The van der Waals surface area contributed by atoms with Crippen molar-refractivity contribution >= 4 is 6.29 Å². The molecule has 3 rings (SSSR count). The minimum atomic E-state index is 0.221. The molecule has 0 spiro atoms. The van der Waals surface area contributed by atoms with Crippen molar-refractivity contribution in [2.75, 3.05) is 0 Å². The average molecular weight is 307 g/mol. The Balaban J connectivity index is 1.95. The topological polar surface area (TPSA) is 57.0 Å². The zero-order valence-corrected chi connectivity index (χ0v) is 13.1. The molecular weight excluding hydrogens is 290 g/mol. The number of benzene rings is 2. The second-order valence-corrected chi connectivity index (χ2v) is 5.34. The van der Waals surface area contributed by atoms with Crippen LogP contribution in [0.3, 0.4) is 0 Å². The SMILES string of the molecule is Cc1ccc(-n2nnc(C=O)c2COc2ccccc2)c(C)c1. The predicted octanol–water partition coefficient (Wildman–Crippen LogP) is 3.28. The van der Waals surface area contributed by atoms with Crippen LogP contribution in [0.1, 0.15) is 27.3 Å². The van der Waals surface area contributed by atoms with Crippen LogP contribution in [0.2, 0.25) is 0 Å². The fourth-order valence-electron chi connectivity index (χ4n) is 2.44. The molecule has 23 heavy (non-hydrogen) atoms. The maximum absolute atomic E-state index is 11.3. The second-order valence-electron chi connectivity index (χ2n) is 5.34. The van der Waals surface area contributed by atoms with Crippen molar-refractivity contribution in [1.29, 1.82) is 0 Å². The number of ether oxygens (including phenoxy) is 1. The molecule has 5 heteroatoms. The third-order valence-electron chi connectivity index (χ3n) is 3.60. The molecule has 3 aromatic rings. The van der Waals surface area contributed by atoms with E-state index in [4.69, 9.17) is 4.74 Å². The maximum Gasteiger partial charge on any atom is 0.172 e. The zero-order valence-electron chi connectivity index (χ0n) is 13.1. The van der Waals surface area contributed by atoms with Gasteiger partial charge in [0.15, 0.2) is 12.0 Å². The van der Waals surface area contributed by atoms with Crippen LogP contribution in [0.4, 0.5) is 0 Å². The number of para-hydroxylation sites is 1. The molecule has 1 heterocycles. The number of aromatic nitrogens is 3. The molecule has 1 aromatic heterocycles. The van der Waals surface area contributed by atoms with E-state index in [0.29, 0.717) is 17.7 Å². The normalized spacial score (nSPS) is 10.5. The van der Waals surface area contributed by atoms with Crippen LogP contribution < -0.4 is 4.74 Å². The molecular formula is C18H17N3O2. The summed E-state index contributed by atoms with van der Waals surface area (Å²) in [4.78, 5) is 11.3. The highest BCUT2D eigenvalue weighted by Crippen LogP contribution is 2.19. The van der Waals surface area contributed by atoms with Gasteiger partial charge in [0.1, 0.15) is 18.1 Å². The number of carbonyl (C=O) groups is 1. The van der Waals surface area contributed by atoms with Crippen molar-refractivity contribution in [2.45, 2.75) is 20.5 Å². The van der Waals surface area contributed by atoms with Gasteiger partial charge in [0.25, 0.3) is 0 Å². The highest BCUT2D eigenvalue weighted by Gasteiger charge is 2.16. The monoisotopic (exact) mass is 307 g/mol. The summed E-state index contributed by atoms with van der Waals surface area (Å²) < 4.78 is 7.43. The quantitative estimate of drug-likeness (QED) is 0.679. The lowest BCUT2D eigenvalue weighted by Crippen LogP contribution is -2.09. The molecule has 0 N–H and O–H groups in total. The molecule has 0 saturated carbocycles. The standard InChI is InChI=1S/C18H17N3O2/c1-13-8-9-17(14(2)10-13)21-18(16(11-22)19-20-21)12-23-15-6-4-3-5-7-15/h3-11H,12H2,1-2H3. The van der Waals surface area contributed by atoms with Crippen LogP contribution in [0, 0.1) is 13.8 Å². The molecule has 0 aliphatic carbocycles. The molecule has 0 aliphatic heterocycles. The van der Waals surface area contributed by atoms with Crippen LogP contribution >= 0.6 is 0 Å². The van der Waals surface area contributed by atoms with Gasteiger partial charge in [-0.3, -0.25) is 4.79 Å². The second kappa shape index (κ2) is 6.44. The van der Waals surface area contributed by atoms with E-state index in [1.54, 1.807) is 4.68 Å². The smallest absolute Gasteiger partial charge is 0.172 e. The third kappa shape index (κ3) is 3.13. The summed E-state index contributed by atoms with van der Waals surface area (Å²) in [6.07, 6.45) is 0.705. The molecule has 0 unspecified atom stereocenters. The van der Waals surface area contributed by atoms with Gasteiger partial charge in [-0.05, 0) is 37.6 Å². The van der Waals surface area contributed by atoms with Crippen molar-refractivity contribution in [3.05, 3.63) is 71.0 Å². The Morgan fingerprint density at radius 3 is 2.61 bits per heavy atom. The molecule has 0 fully saturated rings. The van der Waals surface area contributed by atoms with E-state index >= 15 is 0 Å². The number of aldehydes is 1. The Kier molecular flexibility index (Phi) is 4.19. The summed E-state index contributed by atoms with van der Waals surface area (Å²) >= 11 is 0. The highest BCUT2D eigenvalue weighted by atomic mass is 16.5. The molecule has 0 saturated heterocycles. The van der Waals surface area contributed by atoms with Gasteiger partial charge in [-0.15, -0.1) is 5.10 Å². The van der Waals surface area contributed by atoms with Gasteiger partial charge >= 0.3 is 0 Å². The summed E-state index contributed by atoms with van der Waals surface area (Å²) in [5.74, 6) is 0.734. The van der Waals surface area contributed by atoms with Gasteiger partial charge in [0.2, 0.25) is 0 Å². The first-order valence-corrected chi connectivity index (χ1v) is 7.34. The van der Waals surface area contributed by atoms with Crippen molar-refractivity contribution in [2.24, 2.45) is 0 Å². The van der Waals surface area contributed by atoms with Gasteiger partial charge in [0, 0.05) is 0 Å². The molecule has 0 radical (unpaired) electrons. The lowest BCUT2D eigenvalue weighted by molar-refractivity contribution is 0.111. The van der Waals surface area contributed by atoms with Crippen molar-refractivity contribution in [3.63, 3.8) is 0 Å². The first-order valence-electron chi connectivity index (χ1n) is 7.34. The molecule has 2 aromatic carbocycles. The summed E-state index contributed by atoms with van der Waals surface area (Å²) in [6.45, 7) is 4.26. The molecule has 5 nitrogen and oxygen atoms in total. The van der Waals surface area contributed by atoms with Gasteiger partial charge in [-0.25, -0.2) is 4.68 Å². The van der Waals surface area contributed by atoms with E-state index in [2.05, 4.69) is 16.4 Å². The van der Waals surface area contributed by atoms with Crippen LogP contribution in [-0.4, -0.2) is 21.3 Å². The first-order chi connectivity index (χ1) is 11.2. The van der Waals surface area contributed by atoms with Gasteiger partial charge < -0.3 is 4.74 Å². The minimum Gasteiger partial charge on any atom is -0.487 e. The highest BCUT2D eigenvalue weighted by molar-refractivity contribution is 5.73. The number of hydrogen-bond acceptors (Lipinski definition) is 4. The fourth-order valence-corrected chi connectivity index (χ4v) is 2.44. The first kappa shape index (κ1) is 15.0. The lowest BCUT2D eigenvalue weighted by atomic mass is 10.1. The Labute approximate surface area is 134 Å². The third-order valence-corrected chi connectivity index (χ3v) is 3.60. The predicted molar refractivity (Wildman–Crippen MR) is 87.0 cm³/mol. The van der Waals surface area contributed by atoms with Crippen LogP contribution in [0.15, 0.2) is 48.5 Å². The molecule has 0 atom stereocenters. The number of nitrogens with zero attached hydrogens (tertiary/aromatic N) is 3. The van der Waals surface area contributed by atoms with E-state index in [-0.39, 0.29) is 6.61 Å². The summed E-state index contributed by atoms with van der Waals surface area (Å²) in [5, 5.41) is 8.07.